The van der Waals surface area contributed by atoms with Crippen LogP contribution in [0.1, 0.15) is 58.3 Å². The second kappa shape index (κ2) is 14.2. The van der Waals surface area contributed by atoms with Crippen LogP contribution in [0.25, 0.3) is 0 Å². The van der Waals surface area contributed by atoms with Crippen LogP contribution in [0.15, 0.2) is 29.2 Å². The second-order valence-corrected chi connectivity index (χ2v) is 8.91. The Balaban J connectivity index is 2.41. The first-order chi connectivity index (χ1) is 15.2. The second-order valence-electron chi connectivity index (χ2n) is 7.22. The standard InChI is InChI=1S/C21H32N4O6S/c1-3-4-5-6-7-8-9-10-15-23-19(27)20(28)24-16-11-13-17(14-12-16)32(30,31)25-21(29)18(26)22-2/h11-14H,3-10,15H2,1-2H3,(H,22,26)(H,23,27)(H,24,28)(H,25,29). The van der Waals surface area contributed by atoms with Gasteiger partial charge in [0, 0.05) is 19.3 Å². The number of anilines is 1. The molecule has 0 atom stereocenters. The zero-order valence-corrected chi connectivity index (χ0v) is 19.3. The summed E-state index contributed by atoms with van der Waals surface area (Å²) in [6.07, 6.45) is 9.02. The Kier molecular flexibility index (Phi) is 12.0. The minimum atomic E-state index is -4.26. The number of benzene rings is 1. The minimum Gasteiger partial charge on any atom is -0.351 e. The van der Waals surface area contributed by atoms with Crippen molar-refractivity contribution >= 4 is 39.3 Å². The molecule has 0 spiro atoms. The summed E-state index contributed by atoms with van der Waals surface area (Å²) >= 11 is 0. The molecule has 11 heteroatoms. The molecule has 0 bridgehead atoms. The molecule has 0 radical (unpaired) electrons. The average Bonchev–Trinajstić information content (AvgIpc) is 2.77. The molecule has 0 aromatic heterocycles. The number of amides is 4. The lowest BCUT2D eigenvalue weighted by Crippen LogP contribution is -2.41. The lowest BCUT2D eigenvalue weighted by Gasteiger charge is -2.09. The summed E-state index contributed by atoms with van der Waals surface area (Å²) in [6, 6.07) is 4.80. The highest BCUT2D eigenvalue weighted by Gasteiger charge is 2.22. The highest BCUT2D eigenvalue weighted by atomic mass is 32.2. The van der Waals surface area contributed by atoms with Gasteiger partial charge in [-0.1, -0.05) is 51.9 Å². The average molecular weight is 469 g/mol. The van der Waals surface area contributed by atoms with E-state index >= 15 is 0 Å². The van der Waals surface area contributed by atoms with E-state index < -0.39 is 33.7 Å². The van der Waals surface area contributed by atoms with Crippen LogP contribution in [-0.2, 0) is 29.2 Å². The van der Waals surface area contributed by atoms with Crippen LogP contribution in [0.3, 0.4) is 0 Å². The van der Waals surface area contributed by atoms with Crippen molar-refractivity contribution in [1.82, 2.24) is 15.4 Å². The Morgan fingerprint density at radius 1 is 0.750 bits per heavy atom. The molecular formula is C21H32N4O6S. The molecule has 0 saturated heterocycles. The number of likely N-dealkylation sites (N-methyl/N-ethyl adjacent to an activating group) is 1. The van der Waals surface area contributed by atoms with Gasteiger partial charge in [0.1, 0.15) is 0 Å². The molecule has 1 aromatic carbocycles. The van der Waals surface area contributed by atoms with E-state index in [0.29, 0.717) is 6.54 Å². The quantitative estimate of drug-likeness (QED) is 0.269. The van der Waals surface area contributed by atoms with E-state index in [-0.39, 0.29) is 10.6 Å². The third kappa shape index (κ3) is 9.90. The van der Waals surface area contributed by atoms with Crippen molar-refractivity contribution in [2.24, 2.45) is 0 Å². The van der Waals surface area contributed by atoms with Crippen LogP contribution in [0.5, 0.6) is 0 Å². The maximum absolute atomic E-state index is 12.1. The normalized spacial score (nSPS) is 10.8. The largest absolute Gasteiger partial charge is 0.351 e. The predicted octanol–water partition coefficient (Wildman–Crippen LogP) is 1.43. The van der Waals surface area contributed by atoms with Crippen molar-refractivity contribution in [1.29, 1.82) is 0 Å². The Morgan fingerprint density at radius 2 is 1.31 bits per heavy atom. The lowest BCUT2D eigenvalue weighted by molar-refractivity contribution is -0.137. The molecule has 1 rings (SSSR count). The van der Waals surface area contributed by atoms with Gasteiger partial charge in [-0.2, -0.15) is 0 Å². The van der Waals surface area contributed by atoms with Gasteiger partial charge in [0.2, 0.25) is 0 Å². The fourth-order valence-electron chi connectivity index (χ4n) is 2.79. The van der Waals surface area contributed by atoms with E-state index in [1.165, 1.54) is 51.3 Å². The van der Waals surface area contributed by atoms with Crippen molar-refractivity contribution in [3.8, 4) is 0 Å². The summed E-state index contributed by atoms with van der Waals surface area (Å²) in [7, 11) is -3.06. The first-order valence-electron chi connectivity index (χ1n) is 10.7. The molecule has 0 saturated carbocycles. The minimum absolute atomic E-state index is 0.203. The van der Waals surface area contributed by atoms with Gasteiger partial charge < -0.3 is 16.0 Å². The molecule has 1 aromatic rings. The number of unbranched alkanes of at least 4 members (excludes halogenated alkanes) is 7. The van der Waals surface area contributed by atoms with E-state index in [1.807, 2.05) is 5.32 Å². The number of carbonyl (C=O) groups is 4. The number of hydrogen-bond donors (Lipinski definition) is 4. The molecule has 0 aliphatic carbocycles. The molecule has 32 heavy (non-hydrogen) atoms. The van der Waals surface area contributed by atoms with E-state index in [1.54, 1.807) is 4.72 Å². The van der Waals surface area contributed by atoms with Crippen LogP contribution in [0.4, 0.5) is 5.69 Å². The smallest absolute Gasteiger partial charge is 0.322 e. The Morgan fingerprint density at radius 3 is 1.88 bits per heavy atom. The molecule has 4 N–H and O–H groups in total. The van der Waals surface area contributed by atoms with Crippen LogP contribution in [-0.4, -0.2) is 45.6 Å². The third-order valence-corrected chi connectivity index (χ3v) is 5.95. The first kappa shape index (κ1) is 27.1. The van der Waals surface area contributed by atoms with Crippen molar-refractivity contribution in [3.63, 3.8) is 0 Å². The molecule has 0 unspecified atom stereocenters. The van der Waals surface area contributed by atoms with Crippen LogP contribution in [0, 0.1) is 0 Å². The van der Waals surface area contributed by atoms with E-state index in [9.17, 15) is 27.6 Å². The van der Waals surface area contributed by atoms with Gasteiger partial charge in [0.05, 0.1) is 4.90 Å². The van der Waals surface area contributed by atoms with Gasteiger partial charge in [-0.15, -0.1) is 0 Å². The molecule has 0 fully saturated rings. The third-order valence-electron chi connectivity index (χ3n) is 4.60. The summed E-state index contributed by atoms with van der Waals surface area (Å²) in [5.41, 5.74) is 0.203. The van der Waals surface area contributed by atoms with Gasteiger partial charge in [0.15, 0.2) is 0 Å². The topological polar surface area (TPSA) is 151 Å². The summed E-state index contributed by atoms with van der Waals surface area (Å²) in [5, 5.41) is 6.94. The summed E-state index contributed by atoms with van der Waals surface area (Å²) < 4.78 is 25.8. The number of sulfonamides is 1. The van der Waals surface area contributed by atoms with Crippen molar-refractivity contribution in [3.05, 3.63) is 24.3 Å². The molecule has 0 heterocycles. The Bertz CT molecular complexity index is 884. The van der Waals surface area contributed by atoms with Gasteiger partial charge in [0.25, 0.3) is 10.0 Å². The summed E-state index contributed by atoms with van der Waals surface area (Å²) in [5.74, 6) is -4.07. The van der Waals surface area contributed by atoms with Crippen molar-refractivity contribution in [2.75, 3.05) is 18.9 Å². The van der Waals surface area contributed by atoms with E-state index in [0.717, 1.165) is 31.4 Å². The van der Waals surface area contributed by atoms with Gasteiger partial charge in [-0.3, -0.25) is 19.2 Å². The molecule has 0 aliphatic heterocycles. The van der Waals surface area contributed by atoms with Gasteiger partial charge in [-0.05, 0) is 30.7 Å². The summed E-state index contributed by atoms with van der Waals surface area (Å²) in [4.78, 5) is 46.2. The number of hydrogen-bond acceptors (Lipinski definition) is 6. The van der Waals surface area contributed by atoms with Gasteiger partial charge >= 0.3 is 23.6 Å². The summed E-state index contributed by atoms with van der Waals surface area (Å²) in [6.45, 7) is 2.58. The number of rotatable bonds is 12. The molecule has 4 amide bonds. The zero-order valence-electron chi connectivity index (χ0n) is 18.5. The highest BCUT2D eigenvalue weighted by Crippen LogP contribution is 2.14. The Hall–Kier alpha value is -2.95. The fourth-order valence-corrected chi connectivity index (χ4v) is 3.74. The molecular weight excluding hydrogens is 436 g/mol. The lowest BCUT2D eigenvalue weighted by atomic mass is 10.1. The van der Waals surface area contributed by atoms with Crippen LogP contribution >= 0.6 is 0 Å². The van der Waals surface area contributed by atoms with Crippen molar-refractivity contribution < 1.29 is 27.6 Å². The Labute approximate surface area is 189 Å². The SMILES string of the molecule is CCCCCCCCCCNC(=O)C(=O)Nc1ccc(S(=O)(=O)NC(=O)C(=O)NC)cc1. The molecule has 178 valence electrons. The van der Waals surface area contributed by atoms with Crippen LogP contribution in [0.2, 0.25) is 0 Å². The first-order valence-corrected chi connectivity index (χ1v) is 12.2. The molecule has 10 nitrogen and oxygen atoms in total. The number of nitrogens with one attached hydrogen (secondary N) is 4. The highest BCUT2D eigenvalue weighted by molar-refractivity contribution is 7.90. The van der Waals surface area contributed by atoms with E-state index in [4.69, 9.17) is 0 Å². The van der Waals surface area contributed by atoms with Crippen molar-refractivity contribution in [2.45, 2.75) is 63.2 Å². The van der Waals surface area contributed by atoms with Crippen LogP contribution < -0.4 is 20.7 Å². The molecule has 0 aliphatic rings. The fraction of sp³-hybridized carbons (Fsp3) is 0.524. The monoisotopic (exact) mass is 468 g/mol. The number of carbonyl (C=O) groups excluding carboxylic acids is 4. The van der Waals surface area contributed by atoms with E-state index in [2.05, 4.69) is 17.6 Å². The zero-order chi connectivity index (χ0) is 24.0. The van der Waals surface area contributed by atoms with Gasteiger partial charge in [-0.25, -0.2) is 13.1 Å². The predicted molar refractivity (Wildman–Crippen MR) is 120 cm³/mol. The maximum Gasteiger partial charge on any atom is 0.322 e. The maximum atomic E-state index is 12.1.